The van der Waals surface area contributed by atoms with Crippen molar-refractivity contribution in [1.82, 2.24) is 5.32 Å². The van der Waals surface area contributed by atoms with Crippen LogP contribution >= 0.6 is 0 Å². The van der Waals surface area contributed by atoms with E-state index in [2.05, 4.69) is 22.8 Å². The number of amides is 2. The molecule has 3 aromatic carbocycles. The molecule has 31 heavy (non-hydrogen) atoms. The molecule has 3 rings (SSSR count). The number of carbonyl (C=O) groups is 2. The summed E-state index contributed by atoms with van der Waals surface area (Å²) >= 11 is 0. The molecule has 0 fully saturated rings. The van der Waals surface area contributed by atoms with E-state index < -0.39 is 10.8 Å². The second-order valence-corrected chi connectivity index (χ2v) is 7.20. The minimum absolute atomic E-state index is 0.00529. The molecule has 7 heteroatoms. The van der Waals surface area contributed by atoms with Crippen LogP contribution in [0.25, 0.3) is 0 Å². The van der Waals surface area contributed by atoms with E-state index in [1.54, 1.807) is 30.3 Å². The quantitative estimate of drug-likeness (QED) is 0.413. The number of nitro benzene ring substituents is 1. The van der Waals surface area contributed by atoms with Crippen LogP contribution in [-0.4, -0.2) is 22.8 Å². The molecule has 158 valence electrons. The van der Waals surface area contributed by atoms with Gasteiger partial charge in [0.05, 0.1) is 4.92 Å². The highest BCUT2D eigenvalue weighted by Crippen LogP contribution is 2.19. The van der Waals surface area contributed by atoms with Crippen molar-refractivity contribution < 1.29 is 14.5 Å². The molecule has 0 aliphatic heterocycles. The zero-order valence-corrected chi connectivity index (χ0v) is 17.1. The molecule has 0 unspecified atom stereocenters. The van der Waals surface area contributed by atoms with Gasteiger partial charge in [-0.3, -0.25) is 19.7 Å². The lowest BCUT2D eigenvalue weighted by Crippen LogP contribution is -2.32. The number of rotatable bonds is 8. The maximum Gasteiger partial charge on any atom is 0.282 e. The topological polar surface area (TPSA) is 101 Å². The molecule has 0 aliphatic carbocycles. The highest BCUT2D eigenvalue weighted by Gasteiger charge is 2.19. The van der Waals surface area contributed by atoms with E-state index in [0.29, 0.717) is 11.3 Å². The summed E-state index contributed by atoms with van der Waals surface area (Å²) in [4.78, 5) is 35.4. The smallest absolute Gasteiger partial charge is 0.282 e. The molecule has 2 amide bonds. The monoisotopic (exact) mass is 417 g/mol. The van der Waals surface area contributed by atoms with Crippen molar-refractivity contribution in [3.05, 3.63) is 106 Å². The van der Waals surface area contributed by atoms with Crippen LogP contribution in [0.1, 0.15) is 39.6 Å². The molecule has 0 bridgehead atoms. The molecule has 0 saturated carbocycles. The van der Waals surface area contributed by atoms with Gasteiger partial charge in [-0.15, -0.1) is 0 Å². The summed E-state index contributed by atoms with van der Waals surface area (Å²) in [5, 5.41) is 16.7. The lowest BCUT2D eigenvalue weighted by Gasteiger charge is -2.14. The lowest BCUT2D eigenvalue weighted by atomic mass is 10.1. The number of nitro groups is 1. The van der Waals surface area contributed by atoms with Crippen molar-refractivity contribution in [1.29, 1.82) is 0 Å². The Labute approximate surface area is 180 Å². The minimum atomic E-state index is -0.596. The van der Waals surface area contributed by atoms with Crippen molar-refractivity contribution in [3.8, 4) is 0 Å². The largest absolute Gasteiger partial charge is 0.350 e. The zero-order chi connectivity index (χ0) is 22.2. The molecular formula is C24H23N3O4. The van der Waals surface area contributed by atoms with Crippen molar-refractivity contribution in [2.75, 3.05) is 5.32 Å². The van der Waals surface area contributed by atoms with E-state index in [1.165, 1.54) is 23.8 Å². The third kappa shape index (κ3) is 5.99. The third-order valence-corrected chi connectivity index (χ3v) is 4.84. The Bertz CT molecular complexity index is 1070. The number of benzene rings is 3. The number of nitrogens with one attached hydrogen (secondary N) is 2. The second kappa shape index (κ2) is 10.2. The van der Waals surface area contributed by atoms with Crippen LogP contribution in [-0.2, 0) is 6.42 Å². The van der Waals surface area contributed by atoms with E-state index in [1.807, 2.05) is 25.1 Å². The summed E-state index contributed by atoms with van der Waals surface area (Å²) < 4.78 is 0. The Morgan fingerprint density at radius 2 is 1.55 bits per heavy atom. The Morgan fingerprint density at radius 1 is 0.903 bits per heavy atom. The van der Waals surface area contributed by atoms with Gasteiger partial charge < -0.3 is 10.6 Å². The van der Waals surface area contributed by atoms with Crippen molar-refractivity contribution >= 4 is 23.2 Å². The predicted molar refractivity (Wildman–Crippen MR) is 119 cm³/mol. The van der Waals surface area contributed by atoms with Gasteiger partial charge >= 0.3 is 0 Å². The van der Waals surface area contributed by atoms with Gasteiger partial charge in [0.2, 0.25) is 0 Å². The van der Waals surface area contributed by atoms with E-state index in [-0.39, 0.29) is 23.2 Å². The molecule has 0 spiro atoms. The summed E-state index contributed by atoms with van der Waals surface area (Å²) in [6.07, 6.45) is 1.69. The Balaban J connectivity index is 1.56. The van der Waals surface area contributed by atoms with Crippen LogP contribution in [0.3, 0.4) is 0 Å². The number of nitrogens with zero attached hydrogens (tertiary/aromatic N) is 1. The number of carbonyl (C=O) groups excluding carboxylic acids is 2. The van der Waals surface area contributed by atoms with Gasteiger partial charge in [0.15, 0.2) is 0 Å². The molecule has 7 nitrogen and oxygen atoms in total. The van der Waals surface area contributed by atoms with Gasteiger partial charge in [0, 0.05) is 23.4 Å². The normalized spacial score (nSPS) is 11.4. The Kier molecular flexibility index (Phi) is 7.11. The van der Waals surface area contributed by atoms with Crippen LogP contribution in [0, 0.1) is 10.1 Å². The van der Waals surface area contributed by atoms with E-state index in [9.17, 15) is 19.7 Å². The molecule has 0 radical (unpaired) electrons. The van der Waals surface area contributed by atoms with E-state index >= 15 is 0 Å². The fourth-order valence-electron chi connectivity index (χ4n) is 3.14. The summed E-state index contributed by atoms with van der Waals surface area (Å²) in [5.74, 6) is -0.781. The number of hydrogen-bond acceptors (Lipinski definition) is 4. The summed E-state index contributed by atoms with van der Waals surface area (Å²) in [7, 11) is 0. The number of para-hydroxylation sites is 1. The first-order valence-electron chi connectivity index (χ1n) is 9.93. The fourth-order valence-corrected chi connectivity index (χ4v) is 3.14. The van der Waals surface area contributed by atoms with Crippen molar-refractivity contribution in [3.63, 3.8) is 0 Å². The number of aryl methyl sites for hydroxylation is 1. The van der Waals surface area contributed by atoms with Crippen molar-refractivity contribution in [2.24, 2.45) is 0 Å². The predicted octanol–water partition coefficient (Wildman–Crippen LogP) is 4.60. The van der Waals surface area contributed by atoms with Gasteiger partial charge in [0.1, 0.15) is 5.56 Å². The maximum atomic E-state index is 12.5. The van der Waals surface area contributed by atoms with Gasteiger partial charge in [0.25, 0.3) is 17.5 Å². The van der Waals surface area contributed by atoms with Crippen LogP contribution in [0.4, 0.5) is 11.4 Å². The Morgan fingerprint density at radius 3 is 2.23 bits per heavy atom. The molecule has 0 aromatic heterocycles. The highest BCUT2D eigenvalue weighted by molar-refractivity contribution is 6.07. The molecule has 3 aromatic rings. The van der Waals surface area contributed by atoms with Crippen molar-refractivity contribution in [2.45, 2.75) is 25.8 Å². The van der Waals surface area contributed by atoms with Gasteiger partial charge in [-0.05, 0) is 55.7 Å². The fraction of sp³-hybridized carbons (Fsp3) is 0.167. The first-order chi connectivity index (χ1) is 14.9. The maximum absolute atomic E-state index is 12.5. The highest BCUT2D eigenvalue weighted by atomic mass is 16.6. The first-order valence-corrected chi connectivity index (χ1v) is 9.93. The third-order valence-electron chi connectivity index (χ3n) is 4.84. The SMILES string of the molecule is C[C@@H](CCc1ccccc1)NC(=O)c1ccc(NC(=O)c2ccccc2[N+](=O)[O-])cc1. The Hall–Kier alpha value is -4.00. The van der Waals surface area contributed by atoms with Gasteiger partial charge in [-0.1, -0.05) is 42.5 Å². The van der Waals surface area contributed by atoms with Gasteiger partial charge in [-0.25, -0.2) is 0 Å². The average Bonchev–Trinajstić information content (AvgIpc) is 2.78. The first kappa shape index (κ1) is 21.7. The van der Waals surface area contributed by atoms with Crippen LogP contribution in [0.15, 0.2) is 78.9 Å². The summed E-state index contributed by atoms with van der Waals surface area (Å²) in [6.45, 7) is 1.96. The minimum Gasteiger partial charge on any atom is -0.350 e. The molecule has 0 heterocycles. The zero-order valence-electron chi connectivity index (χ0n) is 17.1. The molecular weight excluding hydrogens is 394 g/mol. The molecule has 2 N–H and O–H groups in total. The second-order valence-electron chi connectivity index (χ2n) is 7.20. The standard InChI is InChI=1S/C24H23N3O4/c1-17(11-12-18-7-3-2-4-8-18)25-23(28)19-13-15-20(16-14-19)26-24(29)21-9-5-6-10-22(21)27(30)31/h2-10,13-17H,11-12H2,1H3,(H,25,28)(H,26,29)/t17-/m0/s1. The molecule has 0 aliphatic rings. The summed E-state index contributed by atoms with van der Waals surface area (Å²) in [6, 6.07) is 22.2. The van der Waals surface area contributed by atoms with E-state index in [0.717, 1.165) is 12.8 Å². The van der Waals surface area contributed by atoms with Crippen LogP contribution in [0.2, 0.25) is 0 Å². The average molecular weight is 417 g/mol. The van der Waals surface area contributed by atoms with E-state index in [4.69, 9.17) is 0 Å². The number of hydrogen-bond donors (Lipinski definition) is 2. The molecule has 0 saturated heterocycles. The lowest BCUT2D eigenvalue weighted by molar-refractivity contribution is -0.385. The number of anilines is 1. The van der Waals surface area contributed by atoms with Crippen LogP contribution < -0.4 is 10.6 Å². The van der Waals surface area contributed by atoms with Gasteiger partial charge in [-0.2, -0.15) is 0 Å². The molecule has 1 atom stereocenters. The summed E-state index contributed by atoms with van der Waals surface area (Å²) in [5.41, 5.74) is 1.84. The van der Waals surface area contributed by atoms with Crippen LogP contribution in [0.5, 0.6) is 0 Å².